The van der Waals surface area contributed by atoms with Gasteiger partial charge in [0.05, 0.1) is 14.2 Å². The summed E-state index contributed by atoms with van der Waals surface area (Å²) in [5, 5.41) is 13.1. The summed E-state index contributed by atoms with van der Waals surface area (Å²) in [7, 11) is 3.14. The number of methoxy groups -OCH3 is 2. The lowest BCUT2D eigenvalue weighted by atomic mass is 10.0. The molecule has 0 saturated heterocycles. The Balaban J connectivity index is 1.80. The van der Waals surface area contributed by atoms with Gasteiger partial charge in [-0.1, -0.05) is 41.9 Å². The van der Waals surface area contributed by atoms with Crippen LogP contribution in [-0.4, -0.2) is 20.1 Å². The van der Waals surface area contributed by atoms with E-state index < -0.39 is 5.91 Å². The predicted octanol–water partition coefficient (Wildman–Crippen LogP) is 5.89. The second-order valence-electron chi connectivity index (χ2n) is 7.82. The first kappa shape index (κ1) is 26.4. The molecule has 1 N–H and O–H groups in total. The average molecular weight is 503 g/mol. The first-order valence-electron chi connectivity index (χ1n) is 11.2. The second-order valence-corrected chi connectivity index (χ2v) is 8.26. The van der Waals surface area contributed by atoms with E-state index in [0.29, 0.717) is 35.1 Å². The Bertz CT molecular complexity index is 1280. The summed E-state index contributed by atoms with van der Waals surface area (Å²) >= 11 is 5.96. The van der Waals surface area contributed by atoms with Crippen molar-refractivity contribution in [3.8, 4) is 23.3 Å². The van der Waals surface area contributed by atoms with E-state index >= 15 is 0 Å². The summed E-state index contributed by atoms with van der Waals surface area (Å²) < 4.78 is 16.8. The zero-order chi connectivity index (χ0) is 25.9. The molecule has 0 heterocycles. The Kier molecular flexibility index (Phi) is 9.56. The number of amides is 1. The molecule has 6 nitrogen and oxygen atoms in total. The highest BCUT2D eigenvalue weighted by Crippen LogP contribution is 2.35. The van der Waals surface area contributed by atoms with Crippen molar-refractivity contribution >= 4 is 23.6 Å². The molecule has 3 aromatic carbocycles. The van der Waals surface area contributed by atoms with Crippen LogP contribution in [0, 0.1) is 11.3 Å². The SMILES string of the molecule is C=CCc1cc(/C=C(/C#N)C(=O)NCc2ccc(OC)cc2)cc(OC)c1OCc1ccc(Cl)cc1. The average Bonchev–Trinajstić information content (AvgIpc) is 2.90. The monoisotopic (exact) mass is 502 g/mol. The van der Waals surface area contributed by atoms with Crippen LogP contribution >= 0.6 is 11.6 Å². The van der Waals surface area contributed by atoms with Gasteiger partial charge < -0.3 is 19.5 Å². The van der Waals surface area contributed by atoms with E-state index in [1.807, 2.05) is 48.5 Å². The van der Waals surface area contributed by atoms with E-state index in [-0.39, 0.29) is 12.1 Å². The Morgan fingerprint density at radius 2 is 1.75 bits per heavy atom. The van der Waals surface area contributed by atoms with Crippen molar-refractivity contribution in [2.75, 3.05) is 14.2 Å². The number of hydrogen-bond acceptors (Lipinski definition) is 5. The van der Waals surface area contributed by atoms with Gasteiger partial charge in [-0.05, 0) is 65.6 Å². The van der Waals surface area contributed by atoms with E-state index in [2.05, 4.69) is 11.9 Å². The number of allylic oxidation sites excluding steroid dienone is 1. The van der Waals surface area contributed by atoms with Gasteiger partial charge in [0, 0.05) is 17.1 Å². The molecule has 0 spiro atoms. The third-order valence-electron chi connectivity index (χ3n) is 5.32. The van der Waals surface area contributed by atoms with E-state index in [9.17, 15) is 10.1 Å². The molecule has 3 rings (SSSR count). The molecule has 3 aromatic rings. The Labute approximate surface area is 216 Å². The van der Waals surface area contributed by atoms with Crippen LogP contribution in [0.25, 0.3) is 6.08 Å². The largest absolute Gasteiger partial charge is 0.497 e. The fourth-order valence-corrected chi connectivity index (χ4v) is 3.59. The minimum Gasteiger partial charge on any atom is -0.497 e. The minimum atomic E-state index is -0.472. The van der Waals surface area contributed by atoms with Crippen molar-refractivity contribution < 1.29 is 19.0 Å². The van der Waals surface area contributed by atoms with Crippen molar-refractivity contribution in [3.05, 3.63) is 106 Å². The van der Waals surface area contributed by atoms with E-state index in [0.717, 1.165) is 22.4 Å². The van der Waals surface area contributed by atoms with Gasteiger partial charge in [-0.15, -0.1) is 6.58 Å². The lowest BCUT2D eigenvalue weighted by molar-refractivity contribution is -0.117. The maximum atomic E-state index is 12.7. The van der Waals surface area contributed by atoms with Gasteiger partial charge in [0.2, 0.25) is 0 Å². The number of nitrogens with one attached hydrogen (secondary N) is 1. The van der Waals surface area contributed by atoms with Gasteiger partial charge in [0.25, 0.3) is 5.91 Å². The standard InChI is InChI=1S/C29H27ClN2O4/c1-4-5-23-14-22(16-27(35-3)28(23)36-19-21-6-10-25(30)11-7-21)15-24(17-31)29(33)32-18-20-8-12-26(34-2)13-9-20/h4,6-16H,1,5,18-19H2,2-3H3,(H,32,33)/b24-15-. The molecule has 1 amide bonds. The van der Waals surface area contributed by atoms with Gasteiger partial charge in [0.15, 0.2) is 11.5 Å². The zero-order valence-corrected chi connectivity index (χ0v) is 21.0. The predicted molar refractivity (Wildman–Crippen MR) is 141 cm³/mol. The minimum absolute atomic E-state index is 0.0232. The van der Waals surface area contributed by atoms with Crippen LogP contribution < -0.4 is 19.5 Å². The number of ether oxygens (including phenoxy) is 3. The first-order valence-corrected chi connectivity index (χ1v) is 11.6. The molecule has 0 saturated carbocycles. The van der Waals surface area contributed by atoms with Gasteiger partial charge in [-0.3, -0.25) is 4.79 Å². The number of carbonyl (C=O) groups excluding carboxylic acids is 1. The molecule has 0 aliphatic carbocycles. The molecule has 0 aliphatic rings. The van der Waals surface area contributed by atoms with Gasteiger partial charge in [-0.2, -0.15) is 5.26 Å². The maximum absolute atomic E-state index is 12.7. The molecular weight excluding hydrogens is 476 g/mol. The van der Waals surface area contributed by atoms with E-state index in [4.69, 9.17) is 25.8 Å². The lowest BCUT2D eigenvalue weighted by Gasteiger charge is -2.16. The summed E-state index contributed by atoms with van der Waals surface area (Å²) in [5.74, 6) is 1.32. The second kappa shape index (κ2) is 13.0. The van der Waals surface area contributed by atoms with Crippen molar-refractivity contribution in [1.82, 2.24) is 5.32 Å². The fourth-order valence-electron chi connectivity index (χ4n) is 3.46. The Morgan fingerprint density at radius 3 is 2.36 bits per heavy atom. The number of nitrogens with zero attached hydrogens (tertiary/aromatic N) is 1. The zero-order valence-electron chi connectivity index (χ0n) is 20.2. The Hall–Kier alpha value is -4.21. The van der Waals surface area contributed by atoms with Crippen molar-refractivity contribution in [2.24, 2.45) is 0 Å². The van der Waals surface area contributed by atoms with Crippen LogP contribution in [-0.2, 0) is 24.4 Å². The highest BCUT2D eigenvalue weighted by molar-refractivity contribution is 6.30. The normalized spacial score (nSPS) is 10.8. The van der Waals surface area contributed by atoms with Crippen molar-refractivity contribution in [1.29, 1.82) is 5.26 Å². The van der Waals surface area contributed by atoms with Gasteiger partial charge in [-0.25, -0.2) is 0 Å². The highest BCUT2D eigenvalue weighted by atomic mass is 35.5. The molecule has 0 aliphatic heterocycles. The fraction of sp³-hybridized carbons (Fsp3) is 0.172. The number of carbonyl (C=O) groups is 1. The third-order valence-corrected chi connectivity index (χ3v) is 5.57. The lowest BCUT2D eigenvalue weighted by Crippen LogP contribution is -2.23. The quantitative estimate of drug-likeness (QED) is 0.201. The number of halogens is 1. The van der Waals surface area contributed by atoms with Crippen LogP contribution in [0.4, 0.5) is 0 Å². The van der Waals surface area contributed by atoms with Crippen LogP contribution in [0.15, 0.2) is 78.9 Å². The number of nitriles is 1. The summed E-state index contributed by atoms with van der Waals surface area (Å²) in [4.78, 5) is 12.7. The molecule has 0 aromatic heterocycles. The molecular formula is C29H27ClN2O4. The Morgan fingerprint density at radius 1 is 1.06 bits per heavy atom. The van der Waals surface area contributed by atoms with Crippen molar-refractivity contribution in [3.63, 3.8) is 0 Å². The van der Waals surface area contributed by atoms with Crippen molar-refractivity contribution in [2.45, 2.75) is 19.6 Å². The molecule has 0 unspecified atom stereocenters. The van der Waals surface area contributed by atoms with E-state index in [1.165, 1.54) is 6.08 Å². The van der Waals surface area contributed by atoms with Gasteiger partial charge >= 0.3 is 0 Å². The molecule has 0 radical (unpaired) electrons. The molecule has 0 bridgehead atoms. The number of rotatable bonds is 11. The first-order chi connectivity index (χ1) is 17.5. The van der Waals surface area contributed by atoms with E-state index in [1.54, 1.807) is 38.5 Å². The molecule has 7 heteroatoms. The molecule has 0 fully saturated rings. The smallest absolute Gasteiger partial charge is 0.262 e. The van der Waals surface area contributed by atoms with Crippen LogP contribution in [0.3, 0.4) is 0 Å². The summed E-state index contributed by atoms with van der Waals surface area (Å²) in [6.45, 7) is 4.43. The maximum Gasteiger partial charge on any atom is 0.262 e. The summed E-state index contributed by atoms with van der Waals surface area (Å²) in [5.41, 5.74) is 3.28. The van der Waals surface area contributed by atoms with Gasteiger partial charge in [0.1, 0.15) is 24.0 Å². The summed E-state index contributed by atoms with van der Waals surface area (Å²) in [6.07, 6.45) is 3.80. The van der Waals surface area contributed by atoms with Crippen LogP contribution in [0.2, 0.25) is 5.02 Å². The van der Waals surface area contributed by atoms with Crippen LogP contribution in [0.5, 0.6) is 17.2 Å². The van der Waals surface area contributed by atoms with Crippen LogP contribution in [0.1, 0.15) is 22.3 Å². The molecule has 184 valence electrons. The highest BCUT2D eigenvalue weighted by Gasteiger charge is 2.15. The molecule has 0 atom stereocenters. The summed E-state index contributed by atoms with van der Waals surface area (Å²) in [6, 6.07) is 20.3. The topological polar surface area (TPSA) is 80.6 Å². The number of benzene rings is 3. The number of hydrogen-bond donors (Lipinski definition) is 1. The molecule has 36 heavy (non-hydrogen) atoms. The third kappa shape index (κ3) is 7.14.